The van der Waals surface area contributed by atoms with Gasteiger partial charge in [-0.1, -0.05) is 12.1 Å². The average molecular weight is 288 g/mol. The minimum absolute atomic E-state index is 0. The SMILES string of the molecule is O=c1ccccn1O.O=c1ccccn1O.[Zn+2]. The Hall–Kier alpha value is -1.88. The van der Waals surface area contributed by atoms with Crippen molar-refractivity contribution >= 4 is 0 Å². The molecule has 0 radical (unpaired) electrons. The molecule has 17 heavy (non-hydrogen) atoms. The van der Waals surface area contributed by atoms with Gasteiger partial charge in [0.1, 0.15) is 0 Å². The zero-order chi connectivity index (χ0) is 12.0. The summed E-state index contributed by atoms with van der Waals surface area (Å²) in [6.45, 7) is 0. The van der Waals surface area contributed by atoms with Crippen LogP contribution in [0, 0.1) is 0 Å². The predicted octanol–water partition coefficient (Wildman–Crippen LogP) is 0.169. The van der Waals surface area contributed by atoms with Crippen LogP contribution in [0.4, 0.5) is 0 Å². The molecule has 2 aromatic heterocycles. The van der Waals surface area contributed by atoms with Gasteiger partial charge in [-0.25, -0.2) is 0 Å². The predicted molar refractivity (Wildman–Crippen MR) is 55.8 cm³/mol. The van der Waals surface area contributed by atoms with Gasteiger partial charge >= 0.3 is 19.5 Å². The van der Waals surface area contributed by atoms with E-state index in [1.807, 2.05) is 0 Å². The first-order valence-electron chi connectivity index (χ1n) is 4.35. The Morgan fingerprint density at radius 1 is 0.765 bits per heavy atom. The first-order valence-corrected chi connectivity index (χ1v) is 4.35. The summed E-state index contributed by atoms with van der Waals surface area (Å²) in [4.78, 5) is 20.7. The molecule has 0 saturated heterocycles. The molecule has 0 unspecified atom stereocenters. The van der Waals surface area contributed by atoms with E-state index in [0.29, 0.717) is 9.46 Å². The van der Waals surface area contributed by atoms with E-state index < -0.39 is 11.1 Å². The van der Waals surface area contributed by atoms with Crippen LogP contribution in [-0.2, 0) is 19.5 Å². The Labute approximate surface area is 109 Å². The van der Waals surface area contributed by atoms with Crippen molar-refractivity contribution in [1.29, 1.82) is 0 Å². The Bertz CT molecular complexity index is 513. The summed E-state index contributed by atoms with van der Waals surface area (Å²) in [6, 6.07) is 8.83. The molecule has 0 atom stereocenters. The van der Waals surface area contributed by atoms with Crippen LogP contribution in [0.2, 0.25) is 0 Å². The molecule has 0 aliphatic heterocycles. The van der Waals surface area contributed by atoms with Crippen molar-refractivity contribution in [2.75, 3.05) is 0 Å². The average Bonchev–Trinajstić information content (AvgIpc) is 2.28. The van der Waals surface area contributed by atoms with Crippen LogP contribution < -0.4 is 11.1 Å². The summed E-state index contributed by atoms with van der Waals surface area (Å²) < 4.78 is 1.06. The van der Waals surface area contributed by atoms with Gasteiger partial charge in [-0.15, -0.1) is 0 Å². The van der Waals surface area contributed by atoms with E-state index in [0.717, 1.165) is 0 Å². The molecule has 6 nitrogen and oxygen atoms in total. The molecule has 2 heterocycles. The molecule has 0 fully saturated rings. The van der Waals surface area contributed by atoms with Crippen molar-refractivity contribution < 1.29 is 29.9 Å². The smallest absolute Gasteiger partial charge is 0.425 e. The van der Waals surface area contributed by atoms with Crippen LogP contribution in [0.15, 0.2) is 58.4 Å². The second kappa shape index (κ2) is 7.41. The van der Waals surface area contributed by atoms with E-state index in [1.54, 1.807) is 24.3 Å². The molecule has 0 bridgehead atoms. The van der Waals surface area contributed by atoms with Gasteiger partial charge < -0.3 is 10.4 Å². The van der Waals surface area contributed by atoms with Crippen LogP contribution in [-0.4, -0.2) is 19.9 Å². The molecular formula is C10H10N2O4Zn+2. The van der Waals surface area contributed by atoms with Gasteiger partial charge in [-0.3, -0.25) is 9.59 Å². The van der Waals surface area contributed by atoms with Crippen LogP contribution >= 0.6 is 0 Å². The second-order valence-electron chi connectivity index (χ2n) is 2.77. The van der Waals surface area contributed by atoms with Gasteiger partial charge in [-0.2, -0.15) is 9.46 Å². The summed E-state index contributed by atoms with van der Waals surface area (Å²) in [6.07, 6.45) is 2.56. The van der Waals surface area contributed by atoms with Crippen molar-refractivity contribution in [2.24, 2.45) is 0 Å². The number of pyridine rings is 2. The van der Waals surface area contributed by atoms with Gasteiger partial charge in [0.25, 0.3) is 11.1 Å². The van der Waals surface area contributed by atoms with E-state index >= 15 is 0 Å². The van der Waals surface area contributed by atoms with Gasteiger partial charge in [-0.05, 0) is 12.1 Å². The number of aromatic nitrogens is 2. The minimum Gasteiger partial charge on any atom is -0.425 e. The molecule has 7 heteroatoms. The van der Waals surface area contributed by atoms with Gasteiger partial charge in [0, 0.05) is 24.5 Å². The number of hydrogen-bond acceptors (Lipinski definition) is 4. The van der Waals surface area contributed by atoms with Crippen LogP contribution in [0.25, 0.3) is 0 Å². The quantitative estimate of drug-likeness (QED) is 0.534. The Morgan fingerprint density at radius 2 is 1.12 bits per heavy atom. The number of hydrogen-bond donors (Lipinski definition) is 2. The Balaban J connectivity index is 0.000000284. The molecular weight excluding hydrogens is 278 g/mol. The normalized spacial score (nSPS) is 8.47. The third-order valence-corrected chi connectivity index (χ3v) is 1.61. The van der Waals surface area contributed by atoms with E-state index in [2.05, 4.69) is 0 Å². The minimum atomic E-state index is -0.410. The summed E-state index contributed by atoms with van der Waals surface area (Å²) in [7, 11) is 0. The van der Waals surface area contributed by atoms with Crippen LogP contribution in [0.1, 0.15) is 0 Å². The summed E-state index contributed by atoms with van der Waals surface area (Å²) in [5, 5.41) is 17.0. The van der Waals surface area contributed by atoms with Crippen LogP contribution in [0.3, 0.4) is 0 Å². The van der Waals surface area contributed by atoms with E-state index in [9.17, 15) is 9.59 Å². The van der Waals surface area contributed by atoms with Gasteiger partial charge in [0.05, 0.1) is 0 Å². The summed E-state index contributed by atoms with van der Waals surface area (Å²) in [5.41, 5.74) is -0.819. The molecule has 2 N–H and O–H groups in total. The molecule has 2 rings (SSSR count). The van der Waals surface area contributed by atoms with Crippen molar-refractivity contribution in [2.45, 2.75) is 0 Å². The molecule has 0 aliphatic rings. The maximum Gasteiger partial charge on any atom is 2.00 e. The largest absolute Gasteiger partial charge is 2.00 e. The molecule has 0 aliphatic carbocycles. The first kappa shape index (κ1) is 15.1. The molecule has 84 valence electrons. The Morgan fingerprint density at radius 3 is 1.29 bits per heavy atom. The standard InChI is InChI=1S/2C5H5NO2.Zn/c2*7-5-3-1-2-4-6(5)8;/h2*1-4,8H;/q;;+2. The number of nitrogens with zero attached hydrogens (tertiary/aromatic N) is 2. The third-order valence-electron chi connectivity index (χ3n) is 1.61. The Kier molecular flexibility index (Phi) is 6.59. The fraction of sp³-hybridized carbons (Fsp3) is 0. The molecule has 0 aromatic carbocycles. The molecule has 0 spiro atoms. The third kappa shape index (κ3) is 5.13. The van der Waals surface area contributed by atoms with Crippen molar-refractivity contribution in [3.8, 4) is 0 Å². The van der Waals surface area contributed by atoms with Crippen molar-refractivity contribution in [3.63, 3.8) is 0 Å². The first-order chi connectivity index (χ1) is 7.61. The van der Waals surface area contributed by atoms with Gasteiger partial charge in [0.2, 0.25) is 0 Å². The molecule has 0 saturated carbocycles. The fourth-order valence-electron chi connectivity index (χ4n) is 0.838. The monoisotopic (exact) mass is 286 g/mol. The van der Waals surface area contributed by atoms with E-state index in [4.69, 9.17) is 10.4 Å². The van der Waals surface area contributed by atoms with Crippen molar-refractivity contribution in [1.82, 2.24) is 9.46 Å². The maximum absolute atomic E-state index is 10.3. The number of rotatable bonds is 0. The maximum atomic E-state index is 10.3. The zero-order valence-electron chi connectivity index (χ0n) is 8.93. The topological polar surface area (TPSA) is 84.5 Å². The van der Waals surface area contributed by atoms with Crippen molar-refractivity contribution in [3.05, 3.63) is 69.5 Å². The zero-order valence-corrected chi connectivity index (χ0v) is 11.9. The molecule has 0 amide bonds. The van der Waals surface area contributed by atoms with E-state index in [1.165, 1.54) is 24.5 Å². The summed E-state index contributed by atoms with van der Waals surface area (Å²) >= 11 is 0. The molecule has 2 aromatic rings. The summed E-state index contributed by atoms with van der Waals surface area (Å²) in [5.74, 6) is 0. The fourth-order valence-corrected chi connectivity index (χ4v) is 0.838. The van der Waals surface area contributed by atoms with Gasteiger partial charge in [0.15, 0.2) is 0 Å². The second-order valence-corrected chi connectivity index (χ2v) is 2.77. The van der Waals surface area contributed by atoms with E-state index in [-0.39, 0.29) is 19.5 Å². The van der Waals surface area contributed by atoms with Crippen LogP contribution in [0.5, 0.6) is 0 Å².